The second-order valence-corrected chi connectivity index (χ2v) is 8.93. The van der Waals surface area contributed by atoms with E-state index >= 15 is 0 Å². The third-order valence-electron chi connectivity index (χ3n) is 5.51. The van der Waals surface area contributed by atoms with Crippen LogP contribution in [0.5, 0.6) is 5.75 Å². The summed E-state index contributed by atoms with van der Waals surface area (Å²) in [5, 5.41) is 0. The number of carbonyl (C=O) groups excluding carboxylic acids is 1. The maximum absolute atomic E-state index is 12.5. The van der Waals surface area contributed by atoms with E-state index in [9.17, 15) is 13.9 Å². The van der Waals surface area contributed by atoms with E-state index in [1.807, 2.05) is 4.90 Å². The van der Waals surface area contributed by atoms with Crippen molar-refractivity contribution in [3.63, 3.8) is 0 Å². The number of rotatable bonds is 4. The predicted octanol–water partition coefficient (Wildman–Crippen LogP) is 2.82. The maximum atomic E-state index is 12.5. The molecule has 1 aromatic carbocycles. The first-order valence-electron chi connectivity index (χ1n) is 9.39. The Morgan fingerprint density at radius 2 is 2.15 bits per heavy atom. The highest BCUT2D eigenvalue weighted by atomic mass is 32.3. The quantitative estimate of drug-likeness (QED) is 0.623. The van der Waals surface area contributed by atoms with Crippen LogP contribution in [0.15, 0.2) is 22.6 Å². The molecule has 2 heterocycles. The van der Waals surface area contributed by atoms with Crippen molar-refractivity contribution in [3.05, 3.63) is 23.8 Å². The summed E-state index contributed by atoms with van der Waals surface area (Å²) in [6.45, 7) is 2.05. The van der Waals surface area contributed by atoms with Gasteiger partial charge in [-0.05, 0) is 48.8 Å². The van der Waals surface area contributed by atoms with Gasteiger partial charge in [-0.3, -0.25) is 18.6 Å². The smallest absolute Gasteiger partial charge is 0.225 e. The zero-order chi connectivity index (χ0) is 19.0. The fourth-order valence-electron chi connectivity index (χ4n) is 3.88. The van der Waals surface area contributed by atoms with Gasteiger partial charge in [-0.15, -0.1) is 4.40 Å². The molecule has 5 N–H and O–H groups in total. The molecule has 0 spiro atoms. The molecule has 27 heavy (non-hydrogen) atoms. The number of nitrogens with zero attached hydrogens (tertiary/aromatic N) is 2. The maximum Gasteiger partial charge on any atom is 0.225 e. The van der Waals surface area contributed by atoms with Gasteiger partial charge in [-0.25, -0.2) is 0 Å². The molecule has 3 aliphatic rings. The van der Waals surface area contributed by atoms with Gasteiger partial charge in [0.2, 0.25) is 5.91 Å². The first-order chi connectivity index (χ1) is 12.9. The molecule has 1 amide bonds. The van der Waals surface area contributed by atoms with Crippen molar-refractivity contribution in [3.8, 4) is 5.75 Å². The van der Waals surface area contributed by atoms with Crippen LogP contribution in [-0.4, -0.2) is 45.4 Å². The van der Waals surface area contributed by atoms with E-state index in [-0.39, 0.29) is 17.7 Å². The van der Waals surface area contributed by atoms with Gasteiger partial charge in [0.05, 0.1) is 17.9 Å². The highest BCUT2D eigenvalue weighted by molar-refractivity contribution is 8.24. The lowest BCUT2D eigenvalue weighted by Crippen LogP contribution is -2.45. The third-order valence-corrected chi connectivity index (χ3v) is 6.46. The average molecular weight is 394 g/mol. The number of benzene rings is 1. The van der Waals surface area contributed by atoms with E-state index in [1.54, 1.807) is 18.2 Å². The molecule has 1 aliphatic carbocycles. The van der Waals surface area contributed by atoms with Crippen LogP contribution in [0.25, 0.3) is 0 Å². The number of hydrogen-bond donors (Lipinski definition) is 4. The van der Waals surface area contributed by atoms with E-state index in [0.29, 0.717) is 29.5 Å². The Bertz CT molecular complexity index is 766. The van der Waals surface area contributed by atoms with Crippen molar-refractivity contribution in [2.75, 3.05) is 24.4 Å². The normalized spacial score (nSPS) is 25.5. The monoisotopic (exact) mass is 394 g/mol. The zero-order valence-electron chi connectivity index (χ0n) is 15.1. The standard InChI is InChI=1S/C18H26N4O4S/c19-17-16-14(20-27(24,25)21-17)7-2-8-15(16)26-11-12-4-3-9-22(10-12)18(23)13-5-1-6-13/h2,7-8,12-13,20,24-25H,1,3-6,9-11H2,(H2,19,21)/t12-/m0/s1. The fraction of sp³-hybridized carbons (Fsp3) is 0.556. The van der Waals surface area contributed by atoms with E-state index in [4.69, 9.17) is 10.5 Å². The van der Waals surface area contributed by atoms with E-state index in [2.05, 4.69) is 9.12 Å². The molecular weight excluding hydrogens is 368 g/mol. The van der Waals surface area contributed by atoms with Crippen LogP contribution in [0.2, 0.25) is 0 Å². The predicted molar refractivity (Wildman–Crippen MR) is 106 cm³/mol. The highest BCUT2D eigenvalue weighted by Crippen LogP contribution is 2.46. The van der Waals surface area contributed by atoms with Crippen molar-refractivity contribution in [1.29, 1.82) is 0 Å². The number of likely N-dealkylation sites (tertiary alicyclic amines) is 1. The summed E-state index contributed by atoms with van der Waals surface area (Å²) in [4.78, 5) is 14.5. The molecule has 1 saturated heterocycles. The Morgan fingerprint density at radius 3 is 2.89 bits per heavy atom. The summed E-state index contributed by atoms with van der Waals surface area (Å²) in [7, 11) is -3.31. The van der Waals surface area contributed by atoms with E-state index in [1.165, 1.54) is 0 Å². The fourth-order valence-corrected chi connectivity index (χ4v) is 4.75. The molecule has 148 valence electrons. The number of amides is 1. The van der Waals surface area contributed by atoms with Gasteiger partial charge >= 0.3 is 0 Å². The van der Waals surface area contributed by atoms with Gasteiger partial charge in [0.1, 0.15) is 5.75 Å². The Morgan fingerprint density at radius 1 is 1.33 bits per heavy atom. The van der Waals surface area contributed by atoms with Gasteiger partial charge in [0, 0.05) is 24.9 Å². The molecule has 9 heteroatoms. The molecule has 4 rings (SSSR count). The van der Waals surface area contributed by atoms with Gasteiger partial charge in [-0.1, -0.05) is 12.5 Å². The molecule has 0 unspecified atom stereocenters. The van der Waals surface area contributed by atoms with Gasteiger partial charge < -0.3 is 15.4 Å². The summed E-state index contributed by atoms with van der Waals surface area (Å²) in [5.74, 6) is 1.40. The largest absolute Gasteiger partial charge is 0.492 e. The molecule has 0 bridgehead atoms. The molecular formula is C18H26N4O4S. The lowest BCUT2D eigenvalue weighted by atomic mass is 9.83. The number of nitrogens with one attached hydrogen (secondary N) is 1. The summed E-state index contributed by atoms with van der Waals surface area (Å²) < 4.78 is 31.8. The molecule has 1 atom stereocenters. The second-order valence-electron chi connectivity index (χ2n) is 7.51. The summed E-state index contributed by atoms with van der Waals surface area (Å²) >= 11 is 0. The van der Waals surface area contributed by atoms with Crippen molar-refractivity contribution in [2.24, 2.45) is 22.0 Å². The Labute approximate surface area is 160 Å². The van der Waals surface area contributed by atoms with Crippen molar-refractivity contribution < 1.29 is 18.6 Å². The van der Waals surface area contributed by atoms with Gasteiger partial charge in [-0.2, -0.15) is 0 Å². The molecule has 2 aliphatic heterocycles. The van der Waals surface area contributed by atoms with Crippen LogP contribution in [0.4, 0.5) is 5.69 Å². The summed E-state index contributed by atoms with van der Waals surface area (Å²) in [6, 6.07) is 5.26. The highest BCUT2D eigenvalue weighted by Gasteiger charge is 2.32. The minimum Gasteiger partial charge on any atom is -0.492 e. The van der Waals surface area contributed by atoms with Crippen LogP contribution in [0, 0.1) is 11.8 Å². The van der Waals surface area contributed by atoms with Crippen molar-refractivity contribution >= 4 is 28.4 Å². The average Bonchev–Trinajstić information content (AvgIpc) is 2.57. The third kappa shape index (κ3) is 3.85. The number of hydrogen-bond acceptors (Lipinski definition) is 7. The number of ether oxygens (including phenoxy) is 1. The van der Waals surface area contributed by atoms with E-state index < -0.39 is 11.0 Å². The van der Waals surface area contributed by atoms with Crippen LogP contribution < -0.4 is 15.2 Å². The molecule has 0 radical (unpaired) electrons. The SMILES string of the molecule is NC1=NS(O)(O)Nc2cccc(OC[C@H]3CCCN(C(=O)C4CCC4)C3)c21. The van der Waals surface area contributed by atoms with Crippen LogP contribution >= 0.6 is 11.0 Å². The van der Waals surface area contributed by atoms with Crippen LogP contribution in [0.3, 0.4) is 0 Å². The second kappa shape index (κ2) is 7.21. The molecule has 8 nitrogen and oxygen atoms in total. The molecule has 0 aromatic heterocycles. The number of nitrogens with two attached hydrogens (primary N) is 1. The first kappa shape index (κ1) is 18.4. The number of amidine groups is 1. The first-order valence-corrected chi connectivity index (χ1v) is 10.9. The van der Waals surface area contributed by atoms with E-state index in [0.717, 1.165) is 45.2 Å². The van der Waals surface area contributed by atoms with Crippen molar-refractivity contribution in [2.45, 2.75) is 32.1 Å². The number of carbonyl (C=O) groups is 1. The topological polar surface area (TPSA) is 120 Å². The number of fused-ring (bicyclic) bond motifs is 1. The lowest BCUT2D eigenvalue weighted by Gasteiger charge is -2.37. The minimum absolute atomic E-state index is 0.0461. The lowest BCUT2D eigenvalue weighted by molar-refractivity contribution is -0.140. The van der Waals surface area contributed by atoms with Gasteiger partial charge in [0.25, 0.3) is 0 Å². The summed E-state index contributed by atoms with van der Waals surface area (Å²) in [5.41, 5.74) is 6.96. The molecule has 2 fully saturated rings. The van der Waals surface area contributed by atoms with Crippen LogP contribution in [0.1, 0.15) is 37.7 Å². The zero-order valence-corrected chi connectivity index (χ0v) is 16.0. The Hall–Kier alpha value is -1.97. The Kier molecular flexibility index (Phi) is 4.92. The number of piperidine rings is 1. The minimum atomic E-state index is -3.31. The molecule has 1 aromatic rings. The molecule has 1 saturated carbocycles. The van der Waals surface area contributed by atoms with Crippen LogP contribution in [-0.2, 0) is 4.79 Å². The number of anilines is 1. The van der Waals surface area contributed by atoms with Gasteiger partial charge in [0.15, 0.2) is 5.84 Å². The summed E-state index contributed by atoms with van der Waals surface area (Å²) in [6.07, 6.45) is 5.23. The van der Waals surface area contributed by atoms with Crippen molar-refractivity contribution in [1.82, 2.24) is 4.90 Å². The Balaban J connectivity index is 1.41.